The summed E-state index contributed by atoms with van der Waals surface area (Å²) in [5.41, 5.74) is 4.96. The van der Waals surface area contributed by atoms with Gasteiger partial charge in [-0.3, -0.25) is 4.90 Å². The lowest BCUT2D eigenvalue weighted by Gasteiger charge is -2.35. The molecule has 4 rings (SSSR count). The number of rotatable bonds is 12. The number of hydrogen-bond donors (Lipinski definition) is 2. The highest BCUT2D eigenvalue weighted by atomic mass is 35.5. The lowest BCUT2D eigenvalue weighted by atomic mass is 9.92. The van der Waals surface area contributed by atoms with E-state index >= 15 is 0 Å². The second-order valence-corrected chi connectivity index (χ2v) is 13.1. The van der Waals surface area contributed by atoms with Crippen molar-refractivity contribution in [3.63, 3.8) is 0 Å². The van der Waals surface area contributed by atoms with Gasteiger partial charge in [-0.25, -0.2) is 4.79 Å². The van der Waals surface area contributed by atoms with Crippen LogP contribution in [-0.2, 0) is 16.0 Å². The number of aromatic amines is 1. The molecule has 0 saturated carbocycles. The van der Waals surface area contributed by atoms with E-state index in [1.54, 1.807) is 23.1 Å². The smallest absolute Gasteiger partial charge is 0.416 e. The van der Waals surface area contributed by atoms with Gasteiger partial charge < -0.3 is 24.6 Å². The molecule has 1 amide bonds. The summed E-state index contributed by atoms with van der Waals surface area (Å²) in [4.78, 5) is 28.2. The predicted molar refractivity (Wildman–Crippen MR) is 205 cm³/mol. The first-order valence-corrected chi connectivity index (χ1v) is 17.6. The summed E-state index contributed by atoms with van der Waals surface area (Å²) in [6.07, 6.45) is 8.70. The van der Waals surface area contributed by atoms with Crippen molar-refractivity contribution < 1.29 is 19.1 Å². The zero-order chi connectivity index (χ0) is 36.5. The average Bonchev–Trinajstić information content (AvgIpc) is 3.43. The number of ketones is 1. The van der Waals surface area contributed by atoms with Crippen LogP contribution in [0.15, 0.2) is 90.3 Å². The first-order chi connectivity index (χ1) is 23.3. The van der Waals surface area contributed by atoms with E-state index < -0.39 is 12.1 Å². The van der Waals surface area contributed by atoms with E-state index in [9.17, 15) is 9.59 Å². The maximum Gasteiger partial charge on any atom is 0.416 e. The maximum atomic E-state index is 13.4. The van der Waals surface area contributed by atoms with Crippen molar-refractivity contribution >= 4 is 46.0 Å². The molecule has 0 bridgehead atoms. The van der Waals surface area contributed by atoms with Crippen LogP contribution in [0.25, 0.3) is 10.9 Å². The van der Waals surface area contributed by atoms with Gasteiger partial charge in [-0.15, -0.1) is 0 Å². The molecule has 1 aliphatic heterocycles. The zero-order valence-electron chi connectivity index (χ0n) is 30.1. The first kappa shape index (κ1) is 41.2. The fraction of sp³-hybridized carbons (Fsp3) is 0.400. The highest BCUT2D eigenvalue weighted by Crippen LogP contribution is 2.40. The first-order valence-electron chi connectivity index (χ1n) is 16.9. The van der Waals surface area contributed by atoms with Crippen LogP contribution in [0.5, 0.6) is 5.75 Å². The van der Waals surface area contributed by atoms with Gasteiger partial charge in [0, 0.05) is 45.4 Å². The Morgan fingerprint density at radius 3 is 2.33 bits per heavy atom. The van der Waals surface area contributed by atoms with Crippen LogP contribution in [0.2, 0.25) is 5.02 Å². The molecule has 2 unspecified atom stereocenters. The van der Waals surface area contributed by atoms with E-state index in [0.29, 0.717) is 35.5 Å². The Kier molecular flexibility index (Phi) is 17.8. The third-order valence-corrected chi connectivity index (χ3v) is 8.15. The minimum absolute atomic E-state index is 0.167. The van der Waals surface area contributed by atoms with E-state index in [0.717, 1.165) is 52.1 Å². The molecule has 7 nitrogen and oxygen atoms in total. The number of benzene rings is 2. The zero-order valence-corrected chi connectivity index (χ0v) is 31.6. The van der Waals surface area contributed by atoms with Gasteiger partial charge in [0.1, 0.15) is 23.3 Å². The SMILES string of the molecule is C=C(C)NCC(C)CCOc1ccc(C2c3[nH]c4ccc(Cl)cc4c3CCN2C(=O)OC(=C)/C=C\C(Cl)=C/C)cc1.CC(C)=O.CCCC. The van der Waals surface area contributed by atoms with Crippen LogP contribution in [0.1, 0.15) is 90.6 Å². The van der Waals surface area contributed by atoms with Crippen molar-refractivity contribution in [2.75, 3.05) is 19.7 Å². The summed E-state index contributed by atoms with van der Waals surface area (Å²) in [5, 5.41) is 5.54. The van der Waals surface area contributed by atoms with Gasteiger partial charge in [-0.1, -0.05) is 88.2 Å². The molecular formula is C40H53Cl2N3O4. The van der Waals surface area contributed by atoms with E-state index in [4.69, 9.17) is 32.7 Å². The number of fused-ring (bicyclic) bond motifs is 3. The van der Waals surface area contributed by atoms with E-state index in [2.05, 4.69) is 44.2 Å². The van der Waals surface area contributed by atoms with Crippen molar-refractivity contribution in [3.05, 3.63) is 112 Å². The molecule has 0 spiro atoms. The van der Waals surface area contributed by atoms with E-state index in [1.165, 1.54) is 26.7 Å². The molecule has 2 aromatic carbocycles. The summed E-state index contributed by atoms with van der Waals surface area (Å²) in [6.45, 7) is 23.1. The average molecular weight is 711 g/mol. The fourth-order valence-electron chi connectivity index (χ4n) is 4.85. The Morgan fingerprint density at radius 1 is 1.08 bits per heavy atom. The number of Topliss-reactive ketones (excluding diaryl/α,β-unsaturated/α-hetero) is 1. The van der Waals surface area contributed by atoms with Gasteiger partial charge in [0.2, 0.25) is 0 Å². The van der Waals surface area contributed by atoms with Crippen LogP contribution in [0.3, 0.4) is 0 Å². The van der Waals surface area contributed by atoms with Gasteiger partial charge in [-0.05, 0) is 100 Å². The number of carbonyl (C=O) groups excluding carboxylic acids is 2. The van der Waals surface area contributed by atoms with Crippen LogP contribution in [0, 0.1) is 5.92 Å². The number of nitrogens with one attached hydrogen (secondary N) is 2. The second-order valence-electron chi connectivity index (χ2n) is 12.3. The molecule has 49 heavy (non-hydrogen) atoms. The topological polar surface area (TPSA) is 83.7 Å². The monoisotopic (exact) mass is 709 g/mol. The number of allylic oxidation sites excluding steroid dienone is 5. The number of carbonyl (C=O) groups is 2. The number of unbranched alkanes of at least 4 members (excludes halogenated alkanes) is 1. The van der Waals surface area contributed by atoms with Crippen LogP contribution >= 0.6 is 23.2 Å². The van der Waals surface area contributed by atoms with Crippen LogP contribution in [-0.4, -0.2) is 41.5 Å². The molecule has 1 aliphatic rings. The van der Waals surface area contributed by atoms with Gasteiger partial charge >= 0.3 is 6.09 Å². The number of halogens is 2. The highest BCUT2D eigenvalue weighted by molar-refractivity contribution is 6.31. The molecule has 3 aromatic rings. The van der Waals surface area contributed by atoms with Crippen molar-refractivity contribution in [1.29, 1.82) is 0 Å². The third kappa shape index (κ3) is 13.8. The van der Waals surface area contributed by atoms with Gasteiger partial charge in [0.25, 0.3) is 0 Å². The van der Waals surface area contributed by atoms with Gasteiger partial charge in [0.05, 0.1) is 6.61 Å². The third-order valence-electron chi connectivity index (χ3n) is 7.57. The molecule has 0 saturated heterocycles. The highest BCUT2D eigenvalue weighted by Gasteiger charge is 2.35. The summed E-state index contributed by atoms with van der Waals surface area (Å²) >= 11 is 12.4. The summed E-state index contributed by atoms with van der Waals surface area (Å²) in [7, 11) is 0. The second kappa shape index (κ2) is 21.2. The normalized spacial score (nSPS) is 14.5. The molecule has 0 radical (unpaired) electrons. The minimum atomic E-state index is -0.485. The molecule has 0 fully saturated rings. The molecule has 2 N–H and O–H groups in total. The molecule has 0 aliphatic carbocycles. The van der Waals surface area contributed by atoms with Crippen LogP contribution in [0.4, 0.5) is 4.79 Å². The van der Waals surface area contributed by atoms with Crippen molar-refractivity contribution in [1.82, 2.24) is 15.2 Å². The van der Waals surface area contributed by atoms with E-state index in [-0.39, 0.29) is 11.5 Å². The number of hydrogen-bond acceptors (Lipinski definition) is 5. The predicted octanol–water partition coefficient (Wildman–Crippen LogP) is 11.0. The van der Waals surface area contributed by atoms with Crippen molar-refractivity contribution in [2.45, 2.75) is 80.2 Å². The Morgan fingerprint density at radius 2 is 1.73 bits per heavy atom. The van der Waals surface area contributed by atoms with Gasteiger partial charge in [-0.2, -0.15) is 0 Å². The van der Waals surface area contributed by atoms with Gasteiger partial charge in [0.15, 0.2) is 0 Å². The number of ether oxygens (including phenoxy) is 2. The molecule has 2 heterocycles. The Balaban J connectivity index is 0.000000939. The molecule has 266 valence electrons. The lowest BCUT2D eigenvalue weighted by Crippen LogP contribution is -2.40. The van der Waals surface area contributed by atoms with Crippen molar-refractivity contribution in [2.24, 2.45) is 5.92 Å². The van der Waals surface area contributed by atoms with E-state index in [1.807, 2.05) is 56.3 Å². The fourth-order valence-corrected chi connectivity index (χ4v) is 5.09. The Hall–Kier alpha value is -3.94. The minimum Gasteiger partial charge on any atom is -0.494 e. The summed E-state index contributed by atoms with van der Waals surface area (Å²) in [5.74, 6) is 1.61. The van der Waals surface area contributed by atoms with Crippen molar-refractivity contribution in [3.8, 4) is 5.75 Å². The number of nitrogens with zero attached hydrogens (tertiary/aromatic N) is 1. The molecular weight excluding hydrogens is 657 g/mol. The quantitative estimate of drug-likeness (QED) is 0.144. The Labute approximate surface area is 303 Å². The van der Waals surface area contributed by atoms with Crippen LogP contribution < -0.4 is 10.1 Å². The molecule has 9 heteroatoms. The molecule has 2 atom stereocenters. The summed E-state index contributed by atoms with van der Waals surface area (Å²) < 4.78 is 11.7. The number of amides is 1. The lowest BCUT2D eigenvalue weighted by molar-refractivity contribution is -0.115. The largest absolute Gasteiger partial charge is 0.494 e. The summed E-state index contributed by atoms with van der Waals surface area (Å²) in [6, 6.07) is 13.3. The standard InChI is InChI=1S/C33H37Cl2N3O3.C4H10.C3H6O/c1-6-25(34)10-7-23(5)41-33(39)38-17-15-28-29-19-26(35)11-14-30(29)37-31(28)32(38)24-8-12-27(13-9-24)40-18-16-22(4)20-36-21(2)3;1-3-4-2;1-3(2)4/h6-14,19,22,32,36-37H,2,5,15-18,20H2,1,3-4H3;3-4H2,1-2H3;1-2H3/b10-7-,25-6+;;. The number of aromatic nitrogens is 1. The maximum absolute atomic E-state index is 13.4. The number of H-pyrrole nitrogens is 1. The Bertz CT molecular complexity index is 1600. The molecule has 1 aromatic heterocycles.